The van der Waals surface area contributed by atoms with E-state index < -0.39 is 11.7 Å². The normalized spacial score (nSPS) is 11.5. The number of thiocarbonyl (C=S) groups is 1. The molecule has 0 aliphatic rings. The van der Waals surface area contributed by atoms with Crippen molar-refractivity contribution in [1.29, 1.82) is 0 Å². The third kappa shape index (κ3) is 3.28. The van der Waals surface area contributed by atoms with E-state index in [1.165, 1.54) is 17.1 Å². The van der Waals surface area contributed by atoms with Crippen LogP contribution < -0.4 is 5.73 Å². The molecule has 4 nitrogen and oxygen atoms in total. The Morgan fingerprint density at radius 3 is 2.68 bits per heavy atom. The molecule has 0 atom stereocenters. The molecule has 0 radical (unpaired) electrons. The largest absolute Gasteiger partial charge is 0.416 e. The van der Waals surface area contributed by atoms with Gasteiger partial charge in [0.2, 0.25) is 5.82 Å². The third-order valence-corrected chi connectivity index (χ3v) is 2.54. The molecule has 0 unspecified atom stereocenters. The van der Waals surface area contributed by atoms with Gasteiger partial charge in [0.05, 0.1) is 12.1 Å². The van der Waals surface area contributed by atoms with Gasteiger partial charge in [-0.2, -0.15) is 13.2 Å². The fourth-order valence-electron chi connectivity index (χ4n) is 1.52. The quantitative estimate of drug-likeness (QED) is 0.877. The van der Waals surface area contributed by atoms with Crippen LogP contribution in [0.5, 0.6) is 0 Å². The predicted octanol–water partition coefficient (Wildman–Crippen LogP) is 1.98. The Balaban J connectivity index is 2.21. The lowest BCUT2D eigenvalue weighted by molar-refractivity contribution is -0.137. The Morgan fingerprint density at radius 1 is 1.37 bits per heavy atom. The second kappa shape index (κ2) is 4.96. The molecule has 0 saturated heterocycles. The lowest BCUT2D eigenvalue weighted by atomic mass is 10.1. The summed E-state index contributed by atoms with van der Waals surface area (Å²) in [6, 6.07) is 5.02. The fraction of sp³-hybridized carbons (Fsp3) is 0.182. The first-order valence-electron chi connectivity index (χ1n) is 5.21. The van der Waals surface area contributed by atoms with Crippen molar-refractivity contribution in [3.63, 3.8) is 0 Å². The van der Waals surface area contributed by atoms with Gasteiger partial charge in [0.25, 0.3) is 0 Å². The Morgan fingerprint density at radius 2 is 2.11 bits per heavy atom. The van der Waals surface area contributed by atoms with E-state index in [-0.39, 0.29) is 17.4 Å². The molecule has 0 aliphatic carbocycles. The zero-order chi connectivity index (χ0) is 14.0. The molecule has 0 saturated carbocycles. The maximum Gasteiger partial charge on any atom is 0.416 e. The SMILES string of the molecule is NC(=S)c1ncn(Cc2cccc(C(F)(F)F)c2)n1. The summed E-state index contributed by atoms with van der Waals surface area (Å²) in [7, 11) is 0. The van der Waals surface area contributed by atoms with Gasteiger partial charge < -0.3 is 5.73 Å². The first-order valence-corrected chi connectivity index (χ1v) is 5.62. The second-order valence-corrected chi connectivity index (χ2v) is 4.27. The number of alkyl halides is 3. The van der Waals surface area contributed by atoms with Crippen LogP contribution in [0.3, 0.4) is 0 Å². The summed E-state index contributed by atoms with van der Waals surface area (Å²) < 4.78 is 39.0. The Labute approximate surface area is 112 Å². The van der Waals surface area contributed by atoms with Crippen LogP contribution in [0.25, 0.3) is 0 Å². The van der Waals surface area contributed by atoms with Crippen molar-refractivity contribution in [2.45, 2.75) is 12.7 Å². The molecule has 19 heavy (non-hydrogen) atoms. The molecule has 1 aromatic carbocycles. The molecule has 0 bridgehead atoms. The number of nitrogens with two attached hydrogens (primary N) is 1. The summed E-state index contributed by atoms with van der Waals surface area (Å²) >= 11 is 4.70. The number of halogens is 3. The first-order chi connectivity index (χ1) is 8.86. The van der Waals surface area contributed by atoms with E-state index in [0.29, 0.717) is 5.56 Å². The summed E-state index contributed by atoms with van der Waals surface area (Å²) in [5.74, 6) is 0.196. The van der Waals surface area contributed by atoms with Gasteiger partial charge >= 0.3 is 6.18 Å². The lowest BCUT2D eigenvalue weighted by Gasteiger charge is -2.08. The number of hydrogen-bond donors (Lipinski definition) is 1. The van der Waals surface area contributed by atoms with Crippen LogP contribution >= 0.6 is 12.2 Å². The van der Waals surface area contributed by atoms with Crippen LogP contribution in [0.1, 0.15) is 17.0 Å². The van der Waals surface area contributed by atoms with Gasteiger partial charge in [-0.25, -0.2) is 9.67 Å². The van der Waals surface area contributed by atoms with Gasteiger partial charge in [0.15, 0.2) is 0 Å². The molecule has 1 heterocycles. The Kier molecular flexibility index (Phi) is 3.52. The molecular weight excluding hydrogens is 277 g/mol. The van der Waals surface area contributed by atoms with E-state index in [4.69, 9.17) is 18.0 Å². The van der Waals surface area contributed by atoms with E-state index in [1.54, 1.807) is 6.07 Å². The molecular formula is C11H9F3N4S. The van der Waals surface area contributed by atoms with E-state index in [2.05, 4.69) is 10.1 Å². The van der Waals surface area contributed by atoms with Crippen molar-refractivity contribution in [3.8, 4) is 0 Å². The summed E-state index contributed by atoms with van der Waals surface area (Å²) in [6.07, 6.45) is -2.99. The van der Waals surface area contributed by atoms with Crippen LogP contribution in [-0.2, 0) is 12.7 Å². The molecule has 0 fully saturated rings. The first kappa shape index (κ1) is 13.5. The summed E-state index contributed by atoms with van der Waals surface area (Å²) in [4.78, 5) is 3.89. The molecule has 0 amide bonds. The van der Waals surface area contributed by atoms with E-state index in [0.717, 1.165) is 12.1 Å². The van der Waals surface area contributed by atoms with Crippen molar-refractivity contribution in [2.75, 3.05) is 0 Å². The van der Waals surface area contributed by atoms with Crippen LogP contribution in [0.15, 0.2) is 30.6 Å². The van der Waals surface area contributed by atoms with Crippen molar-refractivity contribution in [3.05, 3.63) is 47.5 Å². The van der Waals surface area contributed by atoms with Gasteiger partial charge in [-0.05, 0) is 17.7 Å². The van der Waals surface area contributed by atoms with Gasteiger partial charge in [0, 0.05) is 0 Å². The van der Waals surface area contributed by atoms with Crippen molar-refractivity contribution >= 4 is 17.2 Å². The number of benzene rings is 1. The summed E-state index contributed by atoms with van der Waals surface area (Å²) in [6.45, 7) is 0.166. The zero-order valence-corrected chi connectivity index (χ0v) is 10.4. The molecule has 100 valence electrons. The topological polar surface area (TPSA) is 56.7 Å². The molecule has 8 heteroatoms. The highest BCUT2D eigenvalue weighted by atomic mass is 32.1. The van der Waals surface area contributed by atoms with Gasteiger partial charge in [0.1, 0.15) is 11.3 Å². The Hall–Kier alpha value is -1.96. The molecule has 2 rings (SSSR count). The fourth-order valence-corrected chi connectivity index (χ4v) is 1.61. The molecule has 1 aromatic heterocycles. The van der Waals surface area contributed by atoms with Crippen molar-refractivity contribution < 1.29 is 13.2 Å². The zero-order valence-electron chi connectivity index (χ0n) is 9.55. The minimum absolute atomic E-state index is 0.0443. The molecule has 0 spiro atoms. The van der Waals surface area contributed by atoms with Crippen LogP contribution in [0.4, 0.5) is 13.2 Å². The monoisotopic (exact) mass is 286 g/mol. The van der Waals surface area contributed by atoms with Crippen LogP contribution in [0, 0.1) is 0 Å². The maximum absolute atomic E-state index is 12.5. The average Bonchev–Trinajstić information content (AvgIpc) is 2.77. The van der Waals surface area contributed by atoms with E-state index in [1.807, 2.05) is 0 Å². The lowest BCUT2D eigenvalue weighted by Crippen LogP contribution is -2.12. The smallest absolute Gasteiger partial charge is 0.387 e. The van der Waals surface area contributed by atoms with Crippen LogP contribution in [-0.4, -0.2) is 19.8 Å². The Bertz CT molecular complexity index is 606. The molecule has 0 aliphatic heterocycles. The molecule has 2 N–H and O–H groups in total. The maximum atomic E-state index is 12.5. The highest BCUT2D eigenvalue weighted by Gasteiger charge is 2.30. The predicted molar refractivity (Wildman–Crippen MR) is 66.5 cm³/mol. The van der Waals surface area contributed by atoms with Gasteiger partial charge in [-0.15, -0.1) is 5.10 Å². The highest BCUT2D eigenvalue weighted by molar-refractivity contribution is 7.80. The van der Waals surface area contributed by atoms with Crippen molar-refractivity contribution in [2.24, 2.45) is 5.73 Å². The number of hydrogen-bond acceptors (Lipinski definition) is 3. The van der Waals surface area contributed by atoms with Crippen LogP contribution in [0.2, 0.25) is 0 Å². The second-order valence-electron chi connectivity index (χ2n) is 3.83. The number of nitrogens with zero attached hydrogens (tertiary/aromatic N) is 3. The average molecular weight is 286 g/mol. The summed E-state index contributed by atoms with van der Waals surface area (Å²) in [5, 5.41) is 3.95. The minimum Gasteiger partial charge on any atom is -0.387 e. The number of rotatable bonds is 3. The van der Waals surface area contributed by atoms with Gasteiger partial charge in [-0.1, -0.05) is 24.4 Å². The van der Waals surface area contributed by atoms with Crippen molar-refractivity contribution in [1.82, 2.24) is 14.8 Å². The van der Waals surface area contributed by atoms with Gasteiger partial charge in [-0.3, -0.25) is 0 Å². The minimum atomic E-state index is -4.36. The standard InChI is InChI=1S/C11H9F3N4S/c12-11(13,14)8-3-1-2-7(4-8)5-18-6-16-10(17-18)9(15)19/h1-4,6H,5H2,(H2,15,19). The van der Waals surface area contributed by atoms with E-state index >= 15 is 0 Å². The summed E-state index contributed by atoms with van der Waals surface area (Å²) in [5.41, 5.74) is 5.12. The number of aromatic nitrogens is 3. The third-order valence-electron chi connectivity index (χ3n) is 2.36. The van der Waals surface area contributed by atoms with E-state index in [9.17, 15) is 13.2 Å². The molecule has 2 aromatic rings. The highest BCUT2D eigenvalue weighted by Crippen LogP contribution is 2.29.